The van der Waals surface area contributed by atoms with Gasteiger partial charge in [0, 0.05) is 17.3 Å². The second kappa shape index (κ2) is 7.76. The summed E-state index contributed by atoms with van der Waals surface area (Å²) < 4.78 is 4.88. The first kappa shape index (κ1) is 16.2. The van der Waals surface area contributed by atoms with Gasteiger partial charge in [-0.2, -0.15) is 0 Å². The van der Waals surface area contributed by atoms with Crippen LogP contribution in [0.4, 0.5) is 0 Å². The van der Waals surface area contributed by atoms with Crippen molar-refractivity contribution < 1.29 is 9.53 Å². The number of hydrogen-bond donors (Lipinski definition) is 0. The summed E-state index contributed by atoms with van der Waals surface area (Å²) in [5.74, 6) is -0.233. The van der Waals surface area contributed by atoms with Gasteiger partial charge in [0.2, 0.25) is 0 Å². The normalized spacial score (nSPS) is 13.4. The minimum absolute atomic E-state index is 0.233. The summed E-state index contributed by atoms with van der Waals surface area (Å²) in [5.41, 5.74) is 2.03. The van der Waals surface area contributed by atoms with E-state index in [2.05, 4.69) is 31.9 Å². The van der Waals surface area contributed by atoms with Crippen LogP contribution in [0, 0.1) is 0 Å². The van der Waals surface area contributed by atoms with Gasteiger partial charge in [-0.1, -0.05) is 76.6 Å². The van der Waals surface area contributed by atoms with Crippen molar-refractivity contribution in [1.82, 2.24) is 0 Å². The molecule has 0 saturated heterocycles. The molecule has 1 unspecified atom stereocenters. The smallest absolute Gasteiger partial charge is 0.308 e. The number of carbonyl (C=O) groups is 1. The first-order valence-corrected chi connectivity index (χ1v) is 8.62. The fourth-order valence-electron chi connectivity index (χ4n) is 2.05. The zero-order valence-corrected chi connectivity index (χ0v) is 14.6. The maximum Gasteiger partial charge on any atom is 0.308 e. The second-order valence-electron chi connectivity index (χ2n) is 4.67. The van der Waals surface area contributed by atoms with Gasteiger partial charge < -0.3 is 4.74 Å². The Morgan fingerprint density at radius 3 is 2.14 bits per heavy atom. The van der Waals surface area contributed by atoms with Crippen LogP contribution in [0.2, 0.25) is 0 Å². The Kier molecular flexibility index (Phi) is 6.00. The zero-order chi connectivity index (χ0) is 15.1. The van der Waals surface area contributed by atoms with E-state index >= 15 is 0 Å². The van der Waals surface area contributed by atoms with E-state index in [4.69, 9.17) is 4.74 Å². The van der Waals surface area contributed by atoms with Gasteiger partial charge in [0.25, 0.3) is 0 Å². The van der Waals surface area contributed by atoms with E-state index in [1.165, 1.54) is 0 Å². The molecule has 0 saturated carbocycles. The van der Waals surface area contributed by atoms with Crippen molar-refractivity contribution in [3.8, 4) is 0 Å². The summed E-state index contributed by atoms with van der Waals surface area (Å²) >= 11 is 6.91. The lowest BCUT2D eigenvalue weighted by atomic mass is 10.0. The highest BCUT2D eigenvalue weighted by Gasteiger charge is 2.33. The van der Waals surface area contributed by atoms with E-state index in [0.29, 0.717) is 18.2 Å². The maximum absolute atomic E-state index is 11.9. The summed E-state index contributed by atoms with van der Waals surface area (Å²) in [4.78, 5) is 11.9. The third kappa shape index (κ3) is 4.68. The molecule has 0 aliphatic heterocycles. The first-order valence-electron chi connectivity index (χ1n) is 6.70. The lowest BCUT2D eigenvalue weighted by Gasteiger charge is -2.28. The Balaban J connectivity index is 2.27. The van der Waals surface area contributed by atoms with E-state index in [0.717, 1.165) is 11.1 Å². The molecular formula is C17H16Br2O2. The number of rotatable bonds is 6. The van der Waals surface area contributed by atoms with Gasteiger partial charge in [-0.15, -0.1) is 0 Å². The number of esters is 1. The molecule has 0 fully saturated rings. The molecule has 21 heavy (non-hydrogen) atoms. The van der Waals surface area contributed by atoms with Gasteiger partial charge in [0.15, 0.2) is 4.51 Å². The van der Waals surface area contributed by atoms with Crippen molar-refractivity contribution in [3.05, 3.63) is 71.8 Å². The number of benzene rings is 2. The molecule has 0 heterocycles. The van der Waals surface area contributed by atoms with Crippen LogP contribution in [0.15, 0.2) is 60.7 Å². The van der Waals surface area contributed by atoms with Crippen molar-refractivity contribution in [2.75, 3.05) is 5.33 Å². The lowest BCUT2D eigenvalue weighted by molar-refractivity contribution is -0.151. The molecule has 2 aromatic carbocycles. The molecule has 2 rings (SSSR count). The SMILES string of the molecule is O=C(CCBr)OC(Br)(Cc1ccccc1)c1ccccc1. The van der Waals surface area contributed by atoms with Crippen LogP contribution in [0.5, 0.6) is 0 Å². The monoisotopic (exact) mass is 410 g/mol. The molecule has 0 aliphatic rings. The third-order valence-corrected chi connectivity index (χ3v) is 4.35. The van der Waals surface area contributed by atoms with Crippen molar-refractivity contribution in [3.63, 3.8) is 0 Å². The highest BCUT2D eigenvalue weighted by Crippen LogP contribution is 2.37. The van der Waals surface area contributed by atoms with Crippen LogP contribution in [-0.2, 0) is 20.5 Å². The summed E-state index contributed by atoms with van der Waals surface area (Å²) in [6, 6.07) is 19.7. The Labute approximate surface area is 141 Å². The Hall–Kier alpha value is -1.13. The Morgan fingerprint density at radius 1 is 1.00 bits per heavy atom. The maximum atomic E-state index is 11.9. The van der Waals surface area contributed by atoms with E-state index in [9.17, 15) is 4.79 Å². The zero-order valence-electron chi connectivity index (χ0n) is 11.5. The number of halogens is 2. The molecule has 2 nitrogen and oxygen atoms in total. The fraction of sp³-hybridized carbons (Fsp3) is 0.235. The van der Waals surface area contributed by atoms with E-state index in [1.807, 2.05) is 60.7 Å². The molecule has 0 aromatic heterocycles. The van der Waals surface area contributed by atoms with Crippen LogP contribution in [0.1, 0.15) is 17.5 Å². The second-order valence-corrected chi connectivity index (χ2v) is 6.74. The van der Waals surface area contributed by atoms with Gasteiger partial charge in [0.1, 0.15) is 0 Å². The predicted octanol–water partition coefficient (Wildman–Crippen LogP) is 4.81. The summed E-state index contributed by atoms with van der Waals surface area (Å²) in [6.45, 7) is 0. The number of ether oxygens (including phenoxy) is 1. The molecule has 0 aliphatic carbocycles. The summed E-state index contributed by atoms with van der Waals surface area (Å²) in [6.07, 6.45) is 0.918. The van der Waals surface area contributed by atoms with Gasteiger partial charge in [-0.05, 0) is 21.5 Å². The third-order valence-electron chi connectivity index (χ3n) is 3.05. The van der Waals surface area contributed by atoms with Crippen LogP contribution < -0.4 is 0 Å². The number of alkyl halides is 2. The van der Waals surface area contributed by atoms with E-state index in [-0.39, 0.29) is 5.97 Å². The average Bonchev–Trinajstić information content (AvgIpc) is 2.49. The van der Waals surface area contributed by atoms with Gasteiger partial charge in [-0.3, -0.25) is 4.79 Å². The molecule has 110 valence electrons. The van der Waals surface area contributed by atoms with Gasteiger partial charge in [-0.25, -0.2) is 0 Å². The molecule has 0 amide bonds. The molecule has 0 bridgehead atoms. The van der Waals surface area contributed by atoms with E-state index < -0.39 is 4.51 Å². The molecule has 0 N–H and O–H groups in total. The molecular weight excluding hydrogens is 396 g/mol. The van der Waals surface area contributed by atoms with Crippen molar-refractivity contribution in [2.45, 2.75) is 17.4 Å². The minimum Gasteiger partial charge on any atom is -0.442 e. The van der Waals surface area contributed by atoms with Gasteiger partial charge in [0.05, 0.1) is 6.42 Å². The highest BCUT2D eigenvalue weighted by molar-refractivity contribution is 9.09. The van der Waals surface area contributed by atoms with Crippen molar-refractivity contribution in [1.29, 1.82) is 0 Å². The Morgan fingerprint density at radius 2 is 1.57 bits per heavy atom. The van der Waals surface area contributed by atoms with Gasteiger partial charge >= 0.3 is 5.97 Å². The number of carbonyl (C=O) groups excluding carboxylic acids is 1. The topological polar surface area (TPSA) is 26.3 Å². The molecule has 4 heteroatoms. The average molecular weight is 412 g/mol. The van der Waals surface area contributed by atoms with Crippen LogP contribution >= 0.6 is 31.9 Å². The van der Waals surface area contributed by atoms with Crippen molar-refractivity contribution in [2.24, 2.45) is 0 Å². The van der Waals surface area contributed by atoms with Crippen LogP contribution in [0.25, 0.3) is 0 Å². The standard InChI is InChI=1S/C17H16Br2O2/c18-12-11-16(20)21-17(19,15-9-5-2-6-10-15)13-14-7-3-1-4-8-14/h1-10H,11-13H2. The highest BCUT2D eigenvalue weighted by atomic mass is 79.9. The number of hydrogen-bond acceptors (Lipinski definition) is 2. The predicted molar refractivity (Wildman–Crippen MR) is 91.7 cm³/mol. The minimum atomic E-state index is -0.838. The molecule has 0 radical (unpaired) electrons. The Bertz CT molecular complexity index is 572. The molecule has 1 atom stereocenters. The quantitative estimate of drug-likeness (QED) is 0.503. The van der Waals surface area contributed by atoms with Crippen LogP contribution in [0.3, 0.4) is 0 Å². The molecule has 2 aromatic rings. The van der Waals surface area contributed by atoms with E-state index in [1.54, 1.807) is 0 Å². The summed E-state index contributed by atoms with van der Waals surface area (Å²) in [5, 5.41) is 0.592. The largest absolute Gasteiger partial charge is 0.442 e. The first-order chi connectivity index (χ1) is 10.1. The lowest BCUT2D eigenvalue weighted by Crippen LogP contribution is -2.28. The van der Waals surface area contributed by atoms with Crippen molar-refractivity contribution >= 4 is 37.8 Å². The molecule has 0 spiro atoms. The van der Waals surface area contributed by atoms with Crippen LogP contribution in [-0.4, -0.2) is 11.3 Å². The summed E-state index contributed by atoms with van der Waals surface area (Å²) in [7, 11) is 0. The fourth-order valence-corrected chi connectivity index (χ4v) is 3.14.